The van der Waals surface area contributed by atoms with Gasteiger partial charge in [-0.1, -0.05) is 43.8 Å². The van der Waals surface area contributed by atoms with E-state index in [1.165, 1.54) is 55.1 Å². The summed E-state index contributed by atoms with van der Waals surface area (Å²) < 4.78 is 2.29. The summed E-state index contributed by atoms with van der Waals surface area (Å²) in [6.07, 6.45) is 7.93. The van der Waals surface area contributed by atoms with Crippen LogP contribution in [0.1, 0.15) is 57.6 Å². The van der Waals surface area contributed by atoms with Crippen LogP contribution in [-0.2, 0) is 10.2 Å². The zero-order valence-corrected chi connectivity index (χ0v) is 19.5. The summed E-state index contributed by atoms with van der Waals surface area (Å²) in [7, 11) is 2.05. The van der Waals surface area contributed by atoms with Crippen LogP contribution in [0, 0.1) is 0 Å². The van der Waals surface area contributed by atoms with Crippen molar-refractivity contribution in [1.82, 2.24) is 14.8 Å². The number of nitrogens with zero attached hydrogens (tertiary/aromatic N) is 5. The molecule has 0 spiro atoms. The summed E-state index contributed by atoms with van der Waals surface area (Å²) in [6.45, 7) is 6.50. The smallest absolute Gasteiger partial charge is 0.228 e. The second-order valence-electron chi connectivity index (χ2n) is 9.42. The molecule has 31 heavy (non-hydrogen) atoms. The van der Waals surface area contributed by atoms with E-state index in [-0.39, 0.29) is 11.2 Å². The monoisotopic (exact) mass is 437 g/mol. The molecule has 7 heteroatoms. The molecule has 1 aliphatic carbocycles. The van der Waals surface area contributed by atoms with Crippen LogP contribution in [-0.4, -0.2) is 46.4 Å². The average Bonchev–Trinajstić information content (AvgIpc) is 3.50. The first-order valence-corrected chi connectivity index (χ1v) is 12.4. The van der Waals surface area contributed by atoms with Crippen LogP contribution in [0.3, 0.4) is 0 Å². The Morgan fingerprint density at radius 3 is 2.61 bits per heavy atom. The molecule has 5 rings (SSSR count). The van der Waals surface area contributed by atoms with Gasteiger partial charge in [-0.25, -0.2) is 0 Å². The number of hydrogen-bond donors (Lipinski definition) is 0. The second kappa shape index (κ2) is 8.01. The molecular weight excluding hydrogens is 406 g/mol. The molecule has 2 aliphatic heterocycles. The number of ketones is 1. The number of thioether (sulfide) groups is 1. The normalized spacial score (nSPS) is 21.6. The third-order valence-corrected chi connectivity index (χ3v) is 7.74. The van der Waals surface area contributed by atoms with Crippen LogP contribution in [0.25, 0.3) is 0 Å². The standard InChI is InChI=1S/C24H31N5OS/c1-24(2)19-9-5-6-10-20(19)27(3)21(24)15-18(30)16-31-23-26-25-22(29(23)17-11-12-17)28-13-7-4-8-14-28/h5-6,9-10,15,17H,4,7-8,11-14,16H2,1-3H3/b21-15+. The van der Waals surface area contributed by atoms with E-state index in [0.29, 0.717) is 11.8 Å². The highest BCUT2D eigenvalue weighted by atomic mass is 32.2. The zero-order valence-electron chi connectivity index (χ0n) is 18.7. The van der Waals surface area contributed by atoms with Crippen LogP contribution in [0.4, 0.5) is 11.6 Å². The van der Waals surface area contributed by atoms with Crippen molar-refractivity contribution in [2.75, 3.05) is 35.7 Å². The van der Waals surface area contributed by atoms with Crippen molar-refractivity contribution >= 4 is 29.2 Å². The maximum atomic E-state index is 13.0. The molecule has 2 fully saturated rings. The topological polar surface area (TPSA) is 54.3 Å². The second-order valence-corrected chi connectivity index (χ2v) is 10.4. The molecule has 3 aliphatic rings. The quantitative estimate of drug-likeness (QED) is 0.487. The van der Waals surface area contributed by atoms with E-state index in [1.54, 1.807) is 0 Å². The minimum Gasteiger partial charge on any atom is -0.347 e. The summed E-state index contributed by atoms with van der Waals surface area (Å²) in [5.74, 6) is 1.51. The van der Waals surface area contributed by atoms with Gasteiger partial charge in [0.1, 0.15) is 0 Å². The Balaban J connectivity index is 1.32. The number of para-hydroxylation sites is 1. The molecule has 0 amide bonds. The van der Waals surface area contributed by atoms with Gasteiger partial charge in [-0.05, 0) is 43.7 Å². The maximum Gasteiger partial charge on any atom is 0.228 e. The van der Waals surface area contributed by atoms with Gasteiger partial charge in [0, 0.05) is 49.1 Å². The van der Waals surface area contributed by atoms with Crippen LogP contribution >= 0.6 is 11.8 Å². The lowest BCUT2D eigenvalue weighted by atomic mass is 9.83. The van der Waals surface area contributed by atoms with E-state index in [9.17, 15) is 4.79 Å². The van der Waals surface area contributed by atoms with E-state index in [4.69, 9.17) is 0 Å². The summed E-state index contributed by atoms with van der Waals surface area (Å²) in [5.41, 5.74) is 3.32. The molecule has 0 bridgehead atoms. The Labute approximate surface area is 188 Å². The Bertz CT molecular complexity index is 1020. The van der Waals surface area contributed by atoms with E-state index in [1.807, 2.05) is 6.08 Å². The predicted octanol–water partition coefficient (Wildman–Crippen LogP) is 4.58. The molecule has 1 saturated carbocycles. The molecule has 0 N–H and O–H groups in total. The minimum absolute atomic E-state index is 0.123. The molecule has 1 saturated heterocycles. The molecule has 0 unspecified atom stereocenters. The summed E-state index contributed by atoms with van der Waals surface area (Å²) in [4.78, 5) is 17.5. The number of carbonyl (C=O) groups excluding carboxylic acids is 1. The highest BCUT2D eigenvalue weighted by molar-refractivity contribution is 7.99. The highest BCUT2D eigenvalue weighted by Crippen LogP contribution is 2.46. The van der Waals surface area contributed by atoms with Crippen molar-refractivity contribution in [2.45, 2.75) is 62.6 Å². The van der Waals surface area contributed by atoms with Gasteiger partial charge in [-0.15, -0.1) is 10.2 Å². The van der Waals surface area contributed by atoms with Gasteiger partial charge >= 0.3 is 0 Å². The van der Waals surface area contributed by atoms with Gasteiger partial charge in [0.25, 0.3) is 0 Å². The maximum absolute atomic E-state index is 13.0. The van der Waals surface area contributed by atoms with E-state index >= 15 is 0 Å². The number of piperidine rings is 1. The van der Waals surface area contributed by atoms with Crippen molar-refractivity contribution in [3.8, 4) is 0 Å². The van der Waals surface area contributed by atoms with Crippen LogP contribution in [0.5, 0.6) is 0 Å². The number of likely N-dealkylation sites (N-methyl/N-ethyl adjacent to an activating group) is 1. The number of hydrogen-bond acceptors (Lipinski definition) is 6. The van der Waals surface area contributed by atoms with Gasteiger partial charge in [0.15, 0.2) is 10.9 Å². The average molecular weight is 438 g/mol. The Hall–Kier alpha value is -2.28. The summed E-state index contributed by atoms with van der Waals surface area (Å²) in [5, 5.41) is 9.90. The fourth-order valence-electron chi connectivity index (χ4n) is 4.92. The largest absolute Gasteiger partial charge is 0.347 e. The molecule has 1 aromatic heterocycles. The number of benzene rings is 1. The number of rotatable bonds is 6. The molecule has 3 heterocycles. The highest BCUT2D eigenvalue weighted by Gasteiger charge is 2.38. The predicted molar refractivity (Wildman–Crippen MR) is 126 cm³/mol. The lowest BCUT2D eigenvalue weighted by molar-refractivity contribution is -0.112. The Kier molecular flexibility index (Phi) is 5.32. The first kappa shape index (κ1) is 20.6. The number of carbonyl (C=O) groups is 1. The van der Waals surface area contributed by atoms with Gasteiger partial charge < -0.3 is 9.80 Å². The van der Waals surface area contributed by atoms with Crippen LogP contribution in [0.2, 0.25) is 0 Å². The van der Waals surface area contributed by atoms with Crippen LogP contribution < -0.4 is 9.80 Å². The first-order valence-electron chi connectivity index (χ1n) is 11.4. The molecule has 164 valence electrons. The lowest BCUT2D eigenvalue weighted by Gasteiger charge is -2.27. The van der Waals surface area contributed by atoms with Crippen molar-refractivity contribution in [2.24, 2.45) is 0 Å². The molecule has 1 aromatic carbocycles. The summed E-state index contributed by atoms with van der Waals surface area (Å²) >= 11 is 1.53. The van der Waals surface area contributed by atoms with Gasteiger partial charge in [-0.3, -0.25) is 9.36 Å². The van der Waals surface area contributed by atoms with Gasteiger partial charge in [0.05, 0.1) is 5.75 Å². The van der Waals surface area contributed by atoms with E-state index in [2.05, 4.69) is 69.7 Å². The fourth-order valence-corrected chi connectivity index (χ4v) is 5.74. The Morgan fingerprint density at radius 2 is 1.90 bits per heavy atom. The number of anilines is 2. The van der Waals surface area contributed by atoms with E-state index < -0.39 is 0 Å². The number of allylic oxidation sites excluding steroid dienone is 2. The fraction of sp³-hybridized carbons (Fsp3) is 0.542. The summed E-state index contributed by atoms with van der Waals surface area (Å²) in [6, 6.07) is 8.90. The van der Waals surface area contributed by atoms with Crippen molar-refractivity contribution in [3.05, 3.63) is 41.6 Å². The zero-order chi connectivity index (χ0) is 21.6. The van der Waals surface area contributed by atoms with Gasteiger partial charge in [-0.2, -0.15) is 0 Å². The van der Waals surface area contributed by atoms with E-state index in [0.717, 1.165) is 29.9 Å². The van der Waals surface area contributed by atoms with Crippen LogP contribution in [0.15, 0.2) is 41.2 Å². The SMILES string of the molecule is CN1/C(=C/C(=O)CSc2nnc(N3CCCCC3)n2C2CC2)C(C)(C)c2ccccc21. The lowest BCUT2D eigenvalue weighted by Crippen LogP contribution is -2.31. The molecular formula is C24H31N5OS. The van der Waals surface area contributed by atoms with Gasteiger partial charge in [0.2, 0.25) is 5.95 Å². The van der Waals surface area contributed by atoms with Crippen molar-refractivity contribution in [3.63, 3.8) is 0 Å². The molecule has 2 aromatic rings. The molecule has 0 atom stereocenters. The number of aromatic nitrogens is 3. The third-order valence-electron chi connectivity index (χ3n) is 6.78. The van der Waals surface area contributed by atoms with Crippen molar-refractivity contribution in [1.29, 1.82) is 0 Å². The minimum atomic E-state index is -0.179. The first-order chi connectivity index (χ1) is 15.0. The molecule has 6 nitrogen and oxygen atoms in total. The molecule has 0 radical (unpaired) electrons. The van der Waals surface area contributed by atoms with Crippen molar-refractivity contribution < 1.29 is 4.79 Å². The number of fused-ring (bicyclic) bond motifs is 1. The Morgan fingerprint density at radius 1 is 1.16 bits per heavy atom. The third kappa shape index (κ3) is 3.77.